The molecule has 6 N–H and O–H groups in total. The Morgan fingerprint density at radius 3 is 1.19 bits per heavy atom. The molecule has 0 spiro atoms. The molecule has 0 saturated carbocycles. The Bertz CT molecular complexity index is 1010. The fourth-order valence-electron chi connectivity index (χ4n) is 2.96. The van der Waals surface area contributed by atoms with Gasteiger partial charge >= 0.3 is 23.9 Å². The number of nitrogen functional groups attached to an aromatic ring is 2. The summed E-state index contributed by atoms with van der Waals surface area (Å²) in [6.45, 7) is 10.1. The molecule has 0 aliphatic rings. The Kier molecular flexibility index (Phi) is 10.0. The van der Waals surface area contributed by atoms with Gasteiger partial charge in [-0.1, -0.05) is 24.3 Å². The first-order valence-electron chi connectivity index (χ1n) is 11.0. The maximum absolute atomic E-state index is 11.9. The molecular weight excluding hydrogens is 468 g/mol. The van der Waals surface area contributed by atoms with Crippen molar-refractivity contribution in [2.45, 2.75) is 64.6 Å². The predicted octanol–water partition coefficient (Wildman–Crippen LogP) is 3.56. The molecule has 0 aromatic heterocycles. The van der Waals surface area contributed by atoms with Gasteiger partial charge in [-0.15, -0.1) is 0 Å². The van der Waals surface area contributed by atoms with E-state index >= 15 is 0 Å². The highest BCUT2D eigenvalue weighted by atomic mass is 16.6. The number of rotatable bonds is 6. The van der Waals surface area contributed by atoms with Gasteiger partial charge in [0.25, 0.3) is 0 Å². The van der Waals surface area contributed by atoms with Crippen LogP contribution in [0.2, 0.25) is 0 Å². The van der Waals surface area contributed by atoms with Gasteiger partial charge in [0.05, 0.1) is 0 Å². The van der Waals surface area contributed by atoms with Crippen molar-refractivity contribution in [3.05, 3.63) is 59.7 Å². The summed E-state index contributed by atoms with van der Waals surface area (Å²) in [5.41, 5.74) is 11.1. The van der Waals surface area contributed by atoms with E-state index in [2.05, 4.69) is 0 Å². The van der Waals surface area contributed by atoms with Gasteiger partial charge in [-0.3, -0.25) is 19.2 Å². The molecule has 0 aliphatic heterocycles. The van der Waals surface area contributed by atoms with Crippen LogP contribution in [0.25, 0.3) is 0 Å². The summed E-state index contributed by atoms with van der Waals surface area (Å²) in [6, 6.07) is 12.5. The summed E-state index contributed by atoms with van der Waals surface area (Å²) in [4.78, 5) is 46.1. The number of benzene rings is 2. The normalized spacial score (nSPS) is 12.8. The Balaban J connectivity index is 0.000000360. The first-order valence-corrected chi connectivity index (χ1v) is 11.0. The highest BCUT2D eigenvalue weighted by molar-refractivity contribution is 6.00. The Labute approximate surface area is 210 Å². The number of ether oxygens (including phenoxy) is 2. The van der Waals surface area contributed by atoms with Crippen LogP contribution in [0.15, 0.2) is 48.5 Å². The highest BCUT2D eigenvalue weighted by Gasteiger charge is 2.33. The van der Waals surface area contributed by atoms with Crippen molar-refractivity contribution in [1.29, 1.82) is 0 Å². The molecule has 196 valence electrons. The molecular formula is C26H34N2O8. The maximum Gasteiger partial charge on any atom is 0.325 e. The summed E-state index contributed by atoms with van der Waals surface area (Å²) in [7, 11) is 0. The molecule has 0 radical (unpaired) electrons. The lowest BCUT2D eigenvalue weighted by Gasteiger charge is -2.22. The van der Waals surface area contributed by atoms with Crippen LogP contribution in [0.3, 0.4) is 0 Å². The number of nitrogens with two attached hydrogens (primary N) is 2. The lowest BCUT2D eigenvalue weighted by molar-refractivity contribution is -0.164. The quantitative estimate of drug-likeness (QED) is 0.259. The van der Waals surface area contributed by atoms with Crippen LogP contribution in [0.1, 0.15) is 64.5 Å². The van der Waals surface area contributed by atoms with Gasteiger partial charge in [0.1, 0.15) is 11.2 Å². The van der Waals surface area contributed by atoms with E-state index in [1.165, 1.54) is 12.1 Å². The van der Waals surface area contributed by atoms with Crippen LogP contribution in [-0.2, 0) is 28.7 Å². The number of hydrogen-bond donors (Lipinski definition) is 4. The minimum atomic E-state index is -1.35. The zero-order valence-electron chi connectivity index (χ0n) is 21.3. The highest BCUT2D eigenvalue weighted by Crippen LogP contribution is 2.24. The van der Waals surface area contributed by atoms with Gasteiger partial charge in [0.15, 0.2) is 11.8 Å². The minimum Gasteiger partial charge on any atom is -0.480 e. The van der Waals surface area contributed by atoms with Gasteiger partial charge in [-0.05, 0) is 76.9 Å². The SMILES string of the molecule is CC(C)(C)OC(=O)C(C(=O)O)c1cccc(N)c1.CC(C)(C)OC(=O)C(C(=O)O)c1cccc(N)c1. The zero-order chi connectivity index (χ0) is 27.8. The van der Waals surface area contributed by atoms with Crippen molar-refractivity contribution < 1.29 is 38.9 Å². The second-order valence-corrected chi connectivity index (χ2v) is 9.95. The summed E-state index contributed by atoms with van der Waals surface area (Å²) in [5, 5.41) is 18.3. The predicted molar refractivity (Wildman–Crippen MR) is 134 cm³/mol. The second-order valence-electron chi connectivity index (χ2n) is 9.95. The topological polar surface area (TPSA) is 179 Å². The van der Waals surface area contributed by atoms with Gasteiger partial charge in [0, 0.05) is 11.4 Å². The van der Waals surface area contributed by atoms with E-state index in [1.807, 2.05) is 0 Å². The van der Waals surface area contributed by atoms with E-state index in [0.29, 0.717) is 22.5 Å². The number of esters is 2. The number of carboxylic acids is 2. The van der Waals surface area contributed by atoms with E-state index in [4.69, 9.17) is 31.2 Å². The third-order valence-electron chi connectivity index (χ3n) is 4.27. The van der Waals surface area contributed by atoms with E-state index in [-0.39, 0.29) is 0 Å². The van der Waals surface area contributed by atoms with Crippen LogP contribution in [0.4, 0.5) is 11.4 Å². The molecule has 0 heterocycles. The van der Waals surface area contributed by atoms with Crippen molar-refractivity contribution in [2.24, 2.45) is 0 Å². The van der Waals surface area contributed by atoms with Crippen molar-refractivity contribution in [2.75, 3.05) is 11.5 Å². The van der Waals surface area contributed by atoms with Crippen LogP contribution in [0, 0.1) is 0 Å². The van der Waals surface area contributed by atoms with Gasteiger partial charge in [-0.25, -0.2) is 0 Å². The molecule has 2 atom stereocenters. The lowest BCUT2D eigenvalue weighted by Crippen LogP contribution is -2.31. The van der Waals surface area contributed by atoms with Crippen LogP contribution < -0.4 is 11.5 Å². The van der Waals surface area contributed by atoms with E-state index in [0.717, 1.165) is 0 Å². The molecule has 0 bridgehead atoms. The molecule has 0 fully saturated rings. The molecule has 2 unspecified atom stereocenters. The largest absolute Gasteiger partial charge is 0.480 e. The number of carbonyl (C=O) groups excluding carboxylic acids is 2. The molecule has 0 saturated heterocycles. The Morgan fingerprint density at radius 1 is 0.667 bits per heavy atom. The van der Waals surface area contributed by atoms with Crippen molar-refractivity contribution in [3.8, 4) is 0 Å². The molecule has 0 aliphatic carbocycles. The summed E-state index contributed by atoms with van der Waals surface area (Å²) >= 11 is 0. The van der Waals surface area contributed by atoms with E-state index < -0.39 is 46.9 Å². The van der Waals surface area contributed by atoms with E-state index in [1.54, 1.807) is 77.9 Å². The second kappa shape index (κ2) is 12.1. The fourth-order valence-corrected chi connectivity index (χ4v) is 2.96. The molecule has 36 heavy (non-hydrogen) atoms. The standard InChI is InChI=1S/2C13H17NO4/c2*1-13(2,3)18-12(17)10(11(15)16)8-5-4-6-9(14)7-8/h2*4-7,10H,14H2,1-3H3,(H,15,16). The minimum absolute atomic E-state index is 0.316. The van der Waals surface area contributed by atoms with Gasteiger partial charge in [-0.2, -0.15) is 0 Å². The van der Waals surface area contributed by atoms with Crippen LogP contribution in [0.5, 0.6) is 0 Å². The lowest BCUT2D eigenvalue weighted by atomic mass is 9.98. The van der Waals surface area contributed by atoms with Crippen molar-refractivity contribution in [3.63, 3.8) is 0 Å². The number of carbonyl (C=O) groups is 4. The van der Waals surface area contributed by atoms with Crippen LogP contribution in [-0.4, -0.2) is 45.3 Å². The molecule has 0 amide bonds. The Hall–Kier alpha value is -4.08. The average molecular weight is 503 g/mol. The molecule has 2 rings (SSSR count). The first-order chi connectivity index (χ1) is 16.4. The summed E-state index contributed by atoms with van der Waals surface area (Å²) in [5.74, 6) is -6.80. The molecule has 10 heteroatoms. The number of aliphatic carboxylic acids is 2. The van der Waals surface area contributed by atoms with E-state index in [9.17, 15) is 19.2 Å². The molecule has 10 nitrogen and oxygen atoms in total. The maximum atomic E-state index is 11.9. The summed E-state index contributed by atoms with van der Waals surface area (Å²) in [6.07, 6.45) is 0. The first kappa shape index (κ1) is 30.0. The van der Waals surface area contributed by atoms with Gasteiger partial charge < -0.3 is 31.2 Å². The van der Waals surface area contributed by atoms with Crippen molar-refractivity contribution >= 4 is 35.3 Å². The monoisotopic (exact) mass is 502 g/mol. The zero-order valence-corrected chi connectivity index (χ0v) is 21.3. The molecule has 2 aromatic carbocycles. The summed E-state index contributed by atoms with van der Waals surface area (Å²) < 4.78 is 10.2. The third-order valence-corrected chi connectivity index (χ3v) is 4.27. The van der Waals surface area contributed by atoms with Gasteiger partial charge in [0.2, 0.25) is 0 Å². The van der Waals surface area contributed by atoms with Crippen molar-refractivity contribution in [1.82, 2.24) is 0 Å². The number of carboxylic acid groups (broad SMARTS) is 2. The Morgan fingerprint density at radius 2 is 0.972 bits per heavy atom. The third kappa shape index (κ3) is 10.0. The average Bonchev–Trinajstić information content (AvgIpc) is 2.65. The number of hydrogen-bond acceptors (Lipinski definition) is 8. The smallest absolute Gasteiger partial charge is 0.325 e. The fraction of sp³-hybridized carbons (Fsp3) is 0.385. The molecule has 2 aromatic rings. The van der Waals surface area contributed by atoms with Crippen LogP contribution >= 0.6 is 0 Å². The number of anilines is 2.